The summed E-state index contributed by atoms with van der Waals surface area (Å²) in [5.41, 5.74) is 1.55. The van der Waals surface area contributed by atoms with Crippen molar-refractivity contribution in [1.29, 1.82) is 0 Å². The standard InChI is InChI=1S/C15H25N3O/c1-6-11(2)12-7-8-13(18-17-12)14(19)16-10-9-15(3,4)5/h7-8,11H,6,9-10H2,1-5H3,(H,16,19). The zero-order valence-corrected chi connectivity index (χ0v) is 12.7. The minimum atomic E-state index is -0.146. The number of amides is 1. The highest BCUT2D eigenvalue weighted by Gasteiger charge is 2.13. The molecule has 4 nitrogen and oxygen atoms in total. The highest BCUT2D eigenvalue weighted by Crippen LogP contribution is 2.17. The minimum absolute atomic E-state index is 0.146. The molecule has 4 heteroatoms. The fourth-order valence-electron chi connectivity index (χ4n) is 1.58. The molecule has 0 spiro atoms. The van der Waals surface area contributed by atoms with Crippen LogP contribution in [0, 0.1) is 5.41 Å². The Morgan fingerprint density at radius 1 is 1.32 bits per heavy atom. The highest BCUT2D eigenvalue weighted by molar-refractivity contribution is 5.91. The van der Waals surface area contributed by atoms with Gasteiger partial charge in [0, 0.05) is 6.54 Å². The summed E-state index contributed by atoms with van der Waals surface area (Å²) in [6.07, 6.45) is 1.96. The van der Waals surface area contributed by atoms with E-state index in [2.05, 4.69) is 50.1 Å². The van der Waals surface area contributed by atoms with Crippen LogP contribution in [-0.4, -0.2) is 22.6 Å². The lowest BCUT2D eigenvalue weighted by Crippen LogP contribution is -2.28. The fraction of sp³-hybridized carbons (Fsp3) is 0.667. The molecule has 0 saturated heterocycles. The van der Waals surface area contributed by atoms with Gasteiger partial charge >= 0.3 is 0 Å². The monoisotopic (exact) mass is 263 g/mol. The van der Waals surface area contributed by atoms with Crippen LogP contribution in [0.5, 0.6) is 0 Å². The van der Waals surface area contributed by atoms with E-state index in [9.17, 15) is 4.79 Å². The second-order valence-corrected chi connectivity index (χ2v) is 6.22. The summed E-state index contributed by atoms with van der Waals surface area (Å²) in [5.74, 6) is 0.234. The SMILES string of the molecule is CCC(C)c1ccc(C(=O)NCCC(C)(C)C)nn1. The maximum absolute atomic E-state index is 11.9. The summed E-state index contributed by atoms with van der Waals surface area (Å²) in [4.78, 5) is 11.9. The van der Waals surface area contributed by atoms with Crippen molar-refractivity contribution in [3.63, 3.8) is 0 Å². The third-order valence-corrected chi connectivity index (χ3v) is 3.20. The molecule has 0 aliphatic rings. The molecule has 1 unspecified atom stereocenters. The molecule has 1 amide bonds. The molecule has 19 heavy (non-hydrogen) atoms. The van der Waals surface area contributed by atoms with Crippen molar-refractivity contribution in [1.82, 2.24) is 15.5 Å². The average molecular weight is 263 g/mol. The van der Waals surface area contributed by atoms with Gasteiger partial charge in [-0.15, -0.1) is 5.10 Å². The first-order valence-electron chi connectivity index (χ1n) is 6.95. The van der Waals surface area contributed by atoms with Crippen molar-refractivity contribution < 1.29 is 4.79 Å². The topological polar surface area (TPSA) is 54.9 Å². The number of carbonyl (C=O) groups excluding carboxylic acids is 1. The normalized spacial score (nSPS) is 13.1. The molecule has 1 N–H and O–H groups in total. The van der Waals surface area contributed by atoms with E-state index in [1.807, 2.05) is 6.07 Å². The molecule has 0 fully saturated rings. The van der Waals surface area contributed by atoms with Crippen LogP contribution in [0.15, 0.2) is 12.1 Å². The minimum Gasteiger partial charge on any atom is -0.351 e. The maximum Gasteiger partial charge on any atom is 0.271 e. The van der Waals surface area contributed by atoms with E-state index in [1.54, 1.807) is 6.07 Å². The first-order valence-corrected chi connectivity index (χ1v) is 6.95. The van der Waals surface area contributed by atoms with Gasteiger partial charge in [0.25, 0.3) is 5.91 Å². The van der Waals surface area contributed by atoms with E-state index in [-0.39, 0.29) is 11.3 Å². The molecule has 0 saturated carbocycles. The molecule has 0 aliphatic carbocycles. The second-order valence-electron chi connectivity index (χ2n) is 6.22. The van der Waals surface area contributed by atoms with Gasteiger partial charge in [-0.1, -0.05) is 34.6 Å². The molecule has 0 aliphatic heterocycles. The molecule has 1 heterocycles. The van der Waals surface area contributed by atoms with Crippen LogP contribution < -0.4 is 5.32 Å². The quantitative estimate of drug-likeness (QED) is 0.887. The highest BCUT2D eigenvalue weighted by atomic mass is 16.1. The van der Waals surface area contributed by atoms with Gasteiger partial charge in [0.1, 0.15) is 0 Å². The predicted octanol–water partition coefficient (Wildman–Crippen LogP) is 3.16. The van der Waals surface area contributed by atoms with Crippen molar-refractivity contribution in [2.75, 3.05) is 6.54 Å². The molecule has 1 rings (SSSR count). The number of hydrogen-bond acceptors (Lipinski definition) is 3. The Balaban J connectivity index is 2.54. The van der Waals surface area contributed by atoms with Crippen LogP contribution in [0.25, 0.3) is 0 Å². The summed E-state index contributed by atoms with van der Waals surface area (Å²) in [7, 11) is 0. The van der Waals surface area contributed by atoms with Gasteiger partial charge in [-0.3, -0.25) is 4.79 Å². The van der Waals surface area contributed by atoms with Crippen LogP contribution in [0.3, 0.4) is 0 Å². The fourth-order valence-corrected chi connectivity index (χ4v) is 1.58. The van der Waals surface area contributed by atoms with Gasteiger partial charge in [-0.25, -0.2) is 0 Å². The largest absolute Gasteiger partial charge is 0.351 e. The lowest BCUT2D eigenvalue weighted by Gasteiger charge is -2.17. The Kier molecular flexibility index (Phi) is 5.45. The van der Waals surface area contributed by atoms with E-state index < -0.39 is 0 Å². The lowest BCUT2D eigenvalue weighted by atomic mass is 9.92. The summed E-state index contributed by atoms with van der Waals surface area (Å²) >= 11 is 0. The van der Waals surface area contributed by atoms with E-state index in [0.717, 1.165) is 18.5 Å². The third kappa shape index (κ3) is 5.37. The Bertz CT molecular complexity index is 406. The Hall–Kier alpha value is -1.45. The molecule has 0 bridgehead atoms. The first kappa shape index (κ1) is 15.6. The van der Waals surface area contributed by atoms with E-state index in [0.29, 0.717) is 18.2 Å². The molecule has 1 aromatic heterocycles. The summed E-state index contributed by atoms with van der Waals surface area (Å²) in [5, 5.41) is 11.0. The van der Waals surface area contributed by atoms with Crippen LogP contribution in [0.4, 0.5) is 0 Å². The van der Waals surface area contributed by atoms with Gasteiger partial charge < -0.3 is 5.32 Å². The van der Waals surface area contributed by atoms with Gasteiger partial charge in [-0.05, 0) is 36.3 Å². The van der Waals surface area contributed by atoms with E-state index >= 15 is 0 Å². The van der Waals surface area contributed by atoms with Gasteiger partial charge in [0.05, 0.1) is 5.69 Å². The van der Waals surface area contributed by atoms with Crippen molar-refractivity contribution in [3.8, 4) is 0 Å². The Morgan fingerprint density at radius 3 is 2.47 bits per heavy atom. The van der Waals surface area contributed by atoms with Crippen LogP contribution in [-0.2, 0) is 0 Å². The summed E-state index contributed by atoms with van der Waals surface area (Å²) in [6, 6.07) is 3.64. The number of aromatic nitrogens is 2. The van der Waals surface area contributed by atoms with Gasteiger partial charge in [0.2, 0.25) is 0 Å². The zero-order valence-electron chi connectivity index (χ0n) is 12.7. The third-order valence-electron chi connectivity index (χ3n) is 3.20. The average Bonchev–Trinajstić information content (AvgIpc) is 2.36. The lowest BCUT2D eigenvalue weighted by molar-refractivity contribution is 0.0943. The van der Waals surface area contributed by atoms with Crippen molar-refractivity contribution in [3.05, 3.63) is 23.5 Å². The molecular formula is C15H25N3O. The number of rotatable bonds is 5. The summed E-state index contributed by atoms with van der Waals surface area (Å²) < 4.78 is 0. The van der Waals surface area contributed by atoms with Crippen LogP contribution >= 0.6 is 0 Å². The van der Waals surface area contributed by atoms with Crippen molar-refractivity contribution in [2.24, 2.45) is 5.41 Å². The van der Waals surface area contributed by atoms with Gasteiger partial charge in [0.15, 0.2) is 5.69 Å². The Morgan fingerprint density at radius 2 is 2.00 bits per heavy atom. The first-order chi connectivity index (χ1) is 8.83. The molecular weight excluding hydrogens is 238 g/mol. The van der Waals surface area contributed by atoms with E-state index in [1.165, 1.54) is 0 Å². The summed E-state index contributed by atoms with van der Waals surface area (Å²) in [6.45, 7) is 11.3. The Labute approximate surface area is 116 Å². The van der Waals surface area contributed by atoms with Gasteiger partial charge in [-0.2, -0.15) is 5.10 Å². The van der Waals surface area contributed by atoms with Crippen LogP contribution in [0.2, 0.25) is 0 Å². The predicted molar refractivity (Wildman–Crippen MR) is 77.1 cm³/mol. The smallest absolute Gasteiger partial charge is 0.271 e. The molecule has 1 atom stereocenters. The van der Waals surface area contributed by atoms with Crippen molar-refractivity contribution >= 4 is 5.91 Å². The molecule has 0 radical (unpaired) electrons. The van der Waals surface area contributed by atoms with Crippen LogP contribution in [0.1, 0.15) is 69.6 Å². The molecule has 0 aromatic carbocycles. The van der Waals surface area contributed by atoms with E-state index in [4.69, 9.17) is 0 Å². The number of nitrogens with zero attached hydrogens (tertiary/aromatic N) is 2. The maximum atomic E-state index is 11.9. The zero-order chi connectivity index (χ0) is 14.5. The second kappa shape index (κ2) is 6.64. The number of hydrogen-bond donors (Lipinski definition) is 1. The molecule has 106 valence electrons. The molecule has 1 aromatic rings. The number of nitrogens with one attached hydrogen (secondary N) is 1. The van der Waals surface area contributed by atoms with Crippen molar-refractivity contribution in [2.45, 2.75) is 53.4 Å². The number of carbonyl (C=O) groups is 1.